The van der Waals surface area contributed by atoms with E-state index in [2.05, 4.69) is 18.4 Å². The van der Waals surface area contributed by atoms with Crippen LogP contribution in [0, 0.1) is 5.92 Å². The fourth-order valence-electron chi connectivity index (χ4n) is 1.25. The van der Waals surface area contributed by atoms with Gasteiger partial charge in [-0.05, 0) is 31.2 Å². The van der Waals surface area contributed by atoms with Crippen LogP contribution in [-0.2, 0) is 11.2 Å². The van der Waals surface area contributed by atoms with Crippen molar-refractivity contribution in [3.63, 3.8) is 0 Å². The molecule has 0 aromatic carbocycles. The minimum atomic E-state index is 0.226. The van der Waals surface area contributed by atoms with Crippen LogP contribution in [0.4, 0.5) is 0 Å². The lowest BCUT2D eigenvalue weighted by Gasteiger charge is -2.08. The van der Waals surface area contributed by atoms with Gasteiger partial charge in [0.2, 0.25) is 0 Å². The Balaban J connectivity index is 2.54. The first kappa shape index (κ1) is 9.46. The van der Waals surface area contributed by atoms with Crippen molar-refractivity contribution >= 4 is 17.1 Å². The van der Waals surface area contributed by atoms with Crippen LogP contribution >= 0.6 is 11.3 Å². The Morgan fingerprint density at radius 2 is 2.42 bits per heavy atom. The zero-order valence-corrected chi connectivity index (χ0v) is 8.36. The third-order valence-corrected chi connectivity index (χ3v) is 2.99. The molecule has 0 saturated heterocycles. The highest BCUT2D eigenvalue weighted by molar-refractivity contribution is 7.09. The van der Waals surface area contributed by atoms with E-state index in [0.717, 1.165) is 12.8 Å². The number of carbonyl (C=O) groups excluding carboxylic acids is 1. The Morgan fingerprint density at radius 1 is 1.67 bits per heavy atom. The number of hydrogen-bond donors (Lipinski definition) is 0. The van der Waals surface area contributed by atoms with E-state index in [1.54, 1.807) is 18.3 Å². The first-order valence-electron chi connectivity index (χ1n) is 4.27. The van der Waals surface area contributed by atoms with Crippen LogP contribution in [0.3, 0.4) is 0 Å². The second kappa shape index (κ2) is 4.41. The van der Waals surface area contributed by atoms with Gasteiger partial charge >= 0.3 is 0 Å². The van der Waals surface area contributed by atoms with Crippen LogP contribution in [0.1, 0.15) is 25.1 Å². The third kappa shape index (κ3) is 2.45. The normalized spacial score (nSPS) is 12.8. The molecule has 0 unspecified atom stereocenters. The van der Waals surface area contributed by atoms with Gasteiger partial charge in [0.1, 0.15) is 5.78 Å². The molecule has 1 atom stereocenters. The average Bonchev–Trinajstić information content (AvgIpc) is 2.51. The topological polar surface area (TPSA) is 17.1 Å². The Hall–Kier alpha value is -0.630. The fraction of sp³-hybridized carbons (Fsp3) is 0.500. The average molecular weight is 182 g/mol. The van der Waals surface area contributed by atoms with Crippen LogP contribution < -0.4 is 0 Å². The van der Waals surface area contributed by atoms with E-state index in [-0.39, 0.29) is 5.92 Å². The van der Waals surface area contributed by atoms with Crippen LogP contribution in [0.5, 0.6) is 0 Å². The standard InChI is InChI=1S/C10H14OS/c1-3-9(8(2)11)7-10-5-4-6-12-10/h4-6,9H,3,7H2,1-2H3/t9-/m1/s1. The van der Waals surface area contributed by atoms with Crippen molar-refractivity contribution in [2.24, 2.45) is 5.92 Å². The molecule has 0 aliphatic carbocycles. The van der Waals surface area contributed by atoms with E-state index in [1.807, 2.05) is 6.07 Å². The molecule has 0 saturated carbocycles. The summed E-state index contributed by atoms with van der Waals surface area (Å²) >= 11 is 1.73. The SMILES string of the molecule is CC[C@H](Cc1cccs1)C(C)=O. The number of hydrogen-bond acceptors (Lipinski definition) is 2. The zero-order valence-electron chi connectivity index (χ0n) is 7.54. The second-order valence-corrected chi connectivity index (χ2v) is 4.03. The molecule has 1 aromatic heterocycles. The van der Waals surface area contributed by atoms with E-state index in [1.165, 1.54) is 4.88 Å². The van der Waals surface area contributed by atoms with Gasteiger partial charge in [0, 0.05) is 10.8 Å². The first-order valence-corrected chi connectivity index (χ1v) is 5.14. The van der Waals surface area contributed by atoms with E-state index in [9.17, 15) is 4.79 Å². The molecule has 12 heavy (non-hydrogen) atoms. The van der Waals surface area contributed by atoms with Crippen LogP contribution in [0.25, 0.3) is 0 Å². The summed E-state index contributed by atoms with van der Waals surface area (Å²) in [5.74, 6) is 0.537. The Bertz CT molecular complexity index is 238. The Labute approximate surface area is 77.4 Å². The summed E-state index contributed by atoms with van der Waals surface area (Å²) in [5, 5.41) is 2.06. The van der Waals surface area contributed by atoms with Crippen LogP contribution in [0.2, 0.25) is 0 Å². The highest BCUT2D eigenvalue weighted by Gasteiger charge is 2.12. The largest absolute Gasteiger partial charge is 0.300 e. The summed E-state index contributed by atoms with van der Waals surface area (Å²) < 4.78 is 0. The van der Waals surface area contributed by atoms with Gasteiger partial charge in [-0.15, -0.1) is 11.3 Å². The number of Topliss-reactive ketones (excluding diaryl/α,β-unsaturated/α-hetero) is 1. The number of ketones is 1. The van der Waals surface area contributed by atoms with Crippen molar-refractivity contribution in [3.05, 3.63) is 22.4 Å². The summed E-state index contributed by atoms with van der Waals surface area (Å²) in [6.45, 7) is 3.75. The Morgan fingerprint density at radius 3 is 2.83 bits per heavy atom. The van der Waals surface area contributed by atoms with E-state index in [0.29, 0.717) is 5.78 Å². The van der Waals surface area contributed by atoms with Gasteiger partial charge in [-0.25, -0.2) is 0 Å². The van der Waals surface area contributed by atoms with Gasteiger partial charge in [-0.2, -0.15) is 0 Å². The molecule has 66 valence electrons. The number of carbonyl (C=O) groups is 1. The molecule has 1 heterocycles. The minimum absolute atomic E-state index is 0.226. The van der Waals surface area contributed by atoms with E-state index in [4.69, 9.17) is 0 Å². The van der Waals surface area contributed by atoms with Crippen molar-refractivity contribution in [1.29, 1.82) is 0 Å². The predicted octanol–water partition coefficient (Wildman–Crippen LogP) is 2.91. The molecule has 1 nitrogen and oxygen atoms in total. The lowest BCUT2D eigenvalue weighted by Crippen LogP contribution is -2.11. The van der Waals surface area contributed by atoms with Crippen molar-refractivity contribution in [2.45, 2.75) is 26.7 Å². The minimum Gasteiger partial charge on any atom is -0.300 e. The molecule has 1 aromatic rings. The maximum atomic E-state index is 11.1. The summed E-state index contributed by atoms with van der Waals surface area (Å²) in [7, 11) is 0. The lowest BCUT2D eigenvalue weighted by atomic mass is 9.98. The molecule has 0 bridgehead atoms. The van der Waals surface area contributed by atoms with Gasteiger partial charge in [-0.1, -0.05) is 13.0 Å². The van der Waals surface area contributed by atoms with Gasteiger partial charge in [-0.3, -0.25) is 4.79 Å². The number of rotatable bonds is 4. The fourth-order valence-corrected chi connectivity index (χ4v) is 2.03. The molecule has 1 rings (SSSR count). The zero-order chi connectivity index (χ0) is 8.97. The molecular weight excluding hydrogens is 168 g/mol. The molecule has 0 amide bonds. The Kier molecular flexibility index (Phi) is 3.48. The summed E-state index contributed by atoms with van der Waals surface area (Å²) in [6, 6.07) is 4.13. The van der Waals surface area contributed by atoms with Gasteiger partial charge < -0.3 is 0 Å². The summed E-state index contributed by atoms with van der Waals surface area (Å²) in [6.07, 6.45) is 1.87. The smallest absolute Gasteiger partial charge is 0.133 e. The molecule has 0 radical (unpaired) electrons. The molecule has 0 fully saturated rings. The second-order valence-electron chi connectivity index (χ2n) is 3.00. The van der Waals surface area contributed by atoms with E-state index >= 15 is 0 Å². The van der Waals surface area contributed by atoms with Crippen LogP contribution in [0.15, 0.2) is 17.5 Å². The van der Waals surface area contributed by atoms with Crippen molar-refractivity contribution < 1.29 is 4.79 Å². The molecule has 0 aliphatic heterocycles. The summed E-state index contributed by atoms with van der Waals surface area (Å²) in [5.41, 5.74) is 0. The molecular formula is C10H14OS. The van der Waals surface area contributed by atoms with Crippen molar-refractivity contribution in [1.82, 2.24) is 0 Å². The molecule has 0 aliphatic rings. The quantitative estimate of drug-likeness (QED) is 0.699. The lowest BCUT2D eigenvalue weighted by molar-refractivity contribution is -0.120. The van der Waals surface area contributed by atoms with Crippen LogP contribution in [-0.4, -0.2) is 5.78 Å². The maximum absolute atomic E-state index is 11.1. The maximum Gasteiger partial charge on any atom is 0.133 e. The molecule has 2 heteroatoms. The third-order valence-electron chi connectivity index (χ3n) is 2.10. The first-order chi connectivity index (χ1) is 5.74. The van der Waals surface area contributed by atoms with Crippen molar-refractivity contribution in [3.8, 4) is 0 Å². The molecule has 0 spiro atoms. The highest BCUT2D eigenvalue weighted by Crippen LogP contribution is 2.17. The van der Waals surface area contributed by atoms with Gasteiger partial charge in [0.25, 0.3) is 0 Å². The van der Waals surface area contributed by atoms with Gasteiger partial charge in [0.05, 0.1) is 0 Å². The summed E-state index contributed by atoms with van der Waals surface area (Å²) in [4.78, 5) is 12.4. The van der Waals surface area contributed by atoms with Gasteiger partial charge in [0.15, 0.2) is 0 Å². The monoisotopic (exact) mass is 182 g/mol. The molecule has 0 N–H and O–H groups in total. The highest BCUT2D eigenvalue weighted by atomic mass is 32.1. The van der Waals surface area contributed by atoms with Crippen molar-refractivity contribution in [2.75, 3.05) is 0 Å². The number of thiophene rings is 1. The van der Waals surface area contributed by atoms with E-state index < -0.39 is 0 Å². The predicted molar refractivity (Wildman–Crippen MR) is 52.5 cm³/mol.